The van der Waals surface area contributed by atoms with Crippen LogP contribution in [0.2, 0.25) is 0 Å². The van der Waals surface area contributed by atoms with Gasteiger partial charge in [-0.3, -0.25) is 10.1 Å². The third-order valence-corrected chi connectivity index (χ3v) is 1.44. The van der Waals surface area contributed by atoms with Crippen LogP contribution in [0.25, 0.3) is 0 Å². The van der Waals surface area contributed by atoms with Crippen LogP contribution in [0.15, 0.2) is 12.3 Å². The Morgan fingerprint density at radius 1 is 1.70 bits per heavy atom. The molecule has 0 spiro atoms. The average molecular weight is 143 g/mol. The molecular weight excluding hydrogens is 134 g/mol. The lowest BCUT2D eigenvalue weighted by molar-refractivity contribution is -0.402. The van der Waals surface area contributed by atoms with E-state index in [1.54, 1.807) is 6.08 Å². The van der Waals surface area contributed by atoms with Crippen molar-refractivity contribution in [2.24, 2.45) is 5.92 Å². The quantitative estimate of drug-likeness (QED) is 0.424. The van der Waals surface area contributed by atoms with Gasteiger partial charge in [0, 0.05) is 12.5 Å². The van der Waals surface area contributed by atoms with Gasteiger partial charge in [-0.15, -0.1) is 0 Å². The Balaban J connectivity index is 2.29. The summed E-state index contributed by atoms with van der Waals surface area (Å²) in [7, 11) is 0. The lowest BCUT2D eigenvalue weighted by Gasteiger charge is -1.93. The van der Waals surface area contributed by atoms with E-state index in [0.29, 0.717) is 6.61 Å². The molecule has 1 unspecified atom stereocenters. The average Bonchev–Trinajstić information content (AvgIpc) is 2.34. The molecule has 0 aromatic rings. The van der Waals surface area contributed by atoms with Gasteiger partial charge in [-0.05, 0) is 12.5 Å². The normalized spacial score (nSPS) is 25.8. The van der Waals surface area contributed by atoms with E-state index < -0.39 is 4.92 Å². The molecule has 0 N–H and O–H groups in total. The first-order chi connectivity index (χ1) is 4.79. The molecule has 1 saturated heterocycles. The molecule has 10 heavy (non-hydrogen) atoms. The molecule has 1 heterocycles. The van der Waals surface area contributed by atoms with Gasteiger partial charge in [-0.1, -0.05) is 0 Å². The van der Waals surface area contributed by atoms with E-state index in [2.05, 4.69) is 0 Å². The minimum atomic E-state index is -0.446. The topological polar surface area (TPSA) is 52.4 Å². The van der Waals surface area contributed by atoms with Crippen molar-refractivity contribution in [2.75, 3.05) is 13.2 Å². The molecule has 0 bridgehead atoms. The monoisotopic (exact) mass is 143 g/mol. The molecular formula is C6H9NO3. The third-order valence-electron chi connectivity index (χ3n) is 1.44. The van der Waals surface area contributed by atoms with Crippen LogP contribution in [0.1, 0.15) is 6.42 Å². The Hall–Kier alpha value is -0.900. The minimum absolute atomic E-state index is 0.255. The molecule has 1 rings (SSSR count). The summed E-state index contributed by atoms with van der Waals surface area (Å²) in [6, 6.07) is 0. The summed E-state index contributed by atoms with van der Waals surface area (Å²) in [5.41, 5.74) is 0. The highest BCUT2D eigenvalue weighted by Gasteiger charge is 2.12. The lowest BCUT2D eigenvalue weighted by Crippen LogP contribution is -1.95. The maximum absolute atomic E-state index is 9.83. The Kier molecular flexibility index (Phi) is 2.39. The van der Waals surface area contributed by atoms with E-state index in [0.717, 1.165) is 19.2 Å². The van der Waals surface area contributed by atoms with Crippen LogP contribution < -0.4 is 0 Å². The molecule has 0 aliphatic carbocycles. The van der Waals surface area contributed by atoms with Crippen LogP contribution in [-0.2, 0) is 4.74 Å². The van der Waals surface area contributed by atoms with Gasteiger partial charge in [0.15, 0.2) is 0 Å². The fourth-order valence-electron chi connectivity index (χ4n) is 0.897. The Morgan fingerprint density at radius 2 is 2.50 bits per heavy atom. The SMILES string of the molecule is O=[N+]([O-])/C=C/C1CCOC1. The van der Waals surface area contributed by atoms with Crippen LogP contribution in [0, 0.1) is 16.0 Å². The zero-order chi connectivity index (χ0) is 7.40. The van der Waals surface area contributed by atoms with Gasteiger partial charge in [0.25, 0.3) is 0 Å². The van der Waals surface area contributed by atoms with Gasteiger partial charge in [0.1, 0.15) is 0 Å². The highest BCUT2D eigenvalue weighted by atomic mass is 16.6. The van der Waals surface area contributed by atoms with Gasteiger partial charge in [0.05, 0.1) is 11.5 Å². The second-order valence-electron chi connectivity index (χ2n) is 2.25. The molecule has 1 aliphatic heterocycles. The predicted molar refractivity (Wildman–Crippen MR) is 35.1 cm³/mol. The van der Waals surface area contributed by atoms with Crippen molar-refractivity contribution in [1.82, 2.24) is 0 Å². The number of hydrogen-bond acceptors (Lipinski definition) is 3. The van der Waals surface area contributed by atoms with Crippen molar-refractivity contribution in [3.05, 3.63) is 22.4 Å². The minimum Gasteiger partial charge on any atom is -0.381 e. The molecule has 0 amide bonds. The molecule has 0 saturated carbocycles. The first-order valence-corrected chi connectivity index (χ1v) is 3.18. The third kappa shape index (κ3) is 2.14. The van der Waals surface area contributed by atoms with Crippen molar-refractivity contribution >= 4 is 0 Å². The van der Waals surface area contributed by atoms with Crippen molar-refractivity contribution in [3.63, 3.8) is 0 Å². The van der Waals surface area contributed by atoms with Gasteiger partial charge in [-0.2, -0.15) is 0 Å². The summed E-state index contributed by atoms with van der Waals surface area (Å²) >= 11 is 0. The molecule has 0 radical (unpaired) electrons. The van der Waals surface area contributed by atoms with Crippen LogP contribution >= 0.6 is 0 Å². The van der Waals surface area contributed by atoms with Gasteiger partial charge in [0.2, 0.25) is 6.20 Å². The maximum atomic E-state index is 9.83. The van der Waals surface area contributed by atoms with Gasteiger partial charge >= 0.3 is 0 Å². The summed E-state index contributed by atoms with van der Waals surface area (Å²) in [5, 5.41) is 9.83. The fraction of sp³-hybridized carbons (Fsp3) is 0.667. The van der Waals surface area contributed by atoms with E-state index in [1.807, 2.05) is 0 Å². The number of nitrogens with zero attached hydrogens (tertiary/aromatic N) is 1. The number of rotatable bonds is 2. The Bertz CT molecular complexity index is 149. The lowest BCUT2D eigenvalue weighted by atomic mass is 10.1. The molecule has 0 aromatic heterocycles. The zero-order valence-electron chi connectivity index (χ0n) is 5.53. The second kappa shape index (κ2) is 3.31. The predicted octanol–water partition coefficient (Wildman–Crippen LogP) is 0.813. The molecule has 1 aliphatic rings. The first-order valence-electron chi connectivity index (χ1n) is 3.18. The first kappa shape index (κ1) is 7.21. The summed E-state index contributed by atoms with van der Waals surface area (Å²) < 4.78 is 5.02. The number of ether oxygens (including phenoxy) is 1. The second-order valence-corrected chi connectivity index (χ2v) is 2.25. The van der Waals surface area contributed by atoms with Crippen LogP contribution in [0.5, 0.6) is 0 Å². The van der Waals surface area contributed by atoms with Crippen LogP contribution in [0.3, 0.4) is 0 Å². The van der Waals surface area contributed by atoms with Crippen LogP contribution in [-0.4, -0.2) is 18.1 Å². The smallest absolute Gasteiger partial charge is 0.230 e. The molecule has 1 atom stereocenters. The van der Waals surface area contributed by atoms with E-state index in [4.69, 9.17) is 4.74 Å². The van der Waals surface area contributed by atoms with Crippen molar-refractivity contribution in [1.29, 1.82) is 0 Å². The molecule has 0 aromatic carbocycles. The van der Waals surface area contributed by atoms with Crippen LogP contribution in [0.4, 0.5) is 0 Å². The standard InChI is InChI=1S/C6H9NO3/c8-7(9)3-1-6-2-4-10-5-6/h1,3,6H,2,4-5H2/b3-1+. The van der Waals surface area contributed by atoms with Crippen molar-refractivity contribution in [2.45, 2.75) is 6.42 Å². The number of hydrogen-bond donors (Lipinski definition) is 0. The summed E-state index contributed by atoms with van der Waals surface area (Å²) in [5.74, 6) is 0.255. The molecule has 4 nitrogen and oxygen atoms in total. The molecule has 56 valence electrons. The molecule has 1 fully saturated rings. The molecule has 4 heteroatoms. The largest absolute Gasteiger partial charge is 0.381 e. The maximum Gasteiger partial charge on any atom is 0.230 e. The van der Waals surface area contributed by atoms with Crippen molar-refractivity contribution in [3.8, 4) is 0 Å². The summed E-state index contributed by atoms with van der Waals surface area (Å²) in [4.78, 5) is 9.39. The summed E-state index contributed by atoms with van der Waals surface area (Å²) in [6.45, 7) is 1.36. The van der Waals surface area contributed by atoms with E-state index in [9.17, 15) is 10.1 Å². The highest BCUT2D eigenvalue weighted by molar-refractivity contribution is 4.84. The van der Waals surface area contributed by atoms with E-state index in [-0.39, 0.29) is 5.92 Å². The highest BCUT2D eigenvalue weighted by Crippen LogP contribution is 2.12. The zero-order valence-corrected chi connectivity index (χ0v) is 5.53. The Morgan fingerprint density at radius 3 is 3.00 bits per heavy atom. The van der Waals surface area contributed by atoms with Crippen molar-refractivity contribution < 1.29 is 9.66 Å². The Labute approximate surface area is 58.6 Å². The van der Waals surface area contributed by atoms with Gasteiger partial charge < -0.3 is 4.74 Å². The summed E-state index contributed by atoms with van der Waals surface area (Å²) in [6.07, 6.45) is 3.48. The van der Waals surface area contributed by atoms with E-state index in [1.165, 1.54) is 0 Å². The number of nitro groups is 1. The van der Waals surface area contributed by atoms with E-state index >= 15 is 0 Å². The van der Waals surface area contributed by atoms with Gasteiger partial charge in [-0.25, -0.2) is 0 Å². The fourth-order valence-corrected chi connectivity index (χ4v) is 0.897.